The molecule has 4 aromatic carbocycles. The first-order valence-electron chi connectivity index (χ1n) is 12.5. The Morgan fingerprint density at radius 2 is 1.02 bits per heavy atom. The van der Waals surface area contributed by atoms with Crippen molar-refractivity contribution in [2.75, 3.05) is 20.9 Å². The Balaban J connectivity index is 1.25. The smallest absolute Gasteiger partial charge is 0.264 e. The second-order valence-corrected chi connectivity index (χ2v) is 15.0. The number of hydrogen-bond donors (Lipinski definition) is 2. The lowest BCUT2D eigenvalue weighted by Crippen LogP contribution is -2.15. The molecule has 0 saturated carbocycles. The van der Waals surface area contributed by atoms with Gasteiger partial charge in [-0.1, -0.05) is 27.7 Å². The molecule has 8 nitrogen and oxygen atoms in total. The van der Waals surface area contributed by atoms with Gasteiger partial charge in [0.15, 0.2) is 11.6 Å². The van der Waals surface area contributed by atoms with E-state index in [0.29, 0.717) is 17.2 Å². The van der Waals surface area contributed by atoms with Crippen LogP contribution >= 0.6 is 21.6 Å². The summed E-state index contributed by atoms with van der Waals surface area (Å²) >= 11 is 0. The molecular weight excluding hydrogens is 658 g/mol. The molecule has 0 aliphatic heterocycles. The van der Waals surface area contributed by atoms with Gasteiger partial charge in [-0.05, 0) is 85.3 Å². The fourth-order valence-electron chi connectivity index (χ4n) is 3.74. The van der Waals surface area contributed by atoms with E-state index in [4.69, 9.17) is 0 Å². The number of carbonyl (C=O) groups is 2. The summed E-state index contributed by atoms with van der Waals surface area (Å²) in [6, 6.07) is 16.9. The fourth-order valence-corrected chi connectivity index (χ4v) is 7.84. The lowest BCUT2D eigenvalue weighted by molar-refractivity contribution is 0.101. The number of nitrogens with one attached hydrogen (secondary N) is 2. The van der Waals surface area contributed by atoms with Crippen molar-refractivity contribution in [1.82, 2.24) is 0 Å². The molecule has 0 fully saturated rings. The first kappa shape index (κ1) is 33.1. The number of aryl methyl sites for hydroxylation is 1. The molecule has 0 atom stereocenters. The molecule has 0 saturated heterocycles. The standard InChI is InChI=1S/C29H23F3N2O6S4/c1-18-2-12-28(24(31)14-18)43(37,38)33-22-8-3-19(4-9-22)26(35)16-41-42-17-27(36)20-5-10-23(11-6-20)34-44(39,40)29-13-7-21(30)15-25(29)32/h2-15,33-34H,16-17H2,1H3. The molecule has 0 radical (unpaired) electrons. The maximum Gasteiger partial charge on any atom is 0.264 e. The van der Waals surface area contributed by atoms with Crippen molar-refractivity contribution >= 4 is 64.6 Å². The molecule has 15 heteroatoms. The largest absolute Gasteiger partial charge is 0.293 e. The monoisotopic (exact) mass is 680 g/mol. The highest BCUT2D eigenvalue weighted by Crippen LogP contribution is 2.26. The van der Waals surface area contributed by atoms with E-state index in [1.807, 2.05) is 0 Å². The minimum atomic E-state index is -4.33. The van der Waals surface area contributed by atoms with Crippen LogP contribution < -0.4 is 9.44 Å². The number of halogens is 3. The van der Waals surface area contributed by atoms with Gasteiger partial charge in [-0.2, -0.15) is 0 Å². The van der Waals surface area contributed by atoms with Crippen molar-refractivity contribution in [2.45, 2.75) is 16.7 Å². The van der Waals surface area contributed by atoms with Crippen molar-refractivity contribution in [3.8, 4) is 0 Å². The van der Waals surface area contributed by atoms with E-state index >= 15 is 0 Å². The highest BCUT2D eigenvalue weighted by Gasteiger charge is 2.21. The van der Waals surface area contributed by atoms with Crippen LogP contribution in [0.3, 0.4) is 0 Å². The molecular formula is C29H23F3N2O6S4. The summed E-state index contributed by atoms with van der Waals surface area (Å²) in [4.78, 5) is 23.8. The van der Waals surface area contributed by atoms with Gasteiger partial charge in [-0.15, -0.1) is 0 Å². The molecule has 2 N–H and O–H groups in total. The van der Waals surface area contributed by atoms with E-state index in [1.54, 1.807) is 6.92 Å². The fraction of sp³-hybridized carbons (Fsp3) is 0.103. The van der Waals surface area contributed by atoms with Gasteiger partial charge >= 0.3 is 0 Å². The van der Waals surface area contributed by atoms with Crippen LogP contribution in [-0.4, -0.2) is 39.9 Å². The number of rotatable bonds is 13. The molecule has 0 bridgehead atoms. The van der Waals surface area contributed by atoms with E-state index in [0.717, 1.165) is 39.8 Å². The van der Waals surface area contributed by atoms with E-state index in [1.165, 1.54) is 60.7 Å². The first-order chi connectivity index (χ1) is 20.7. The average Bonchev–Trinajstić information content (AvgIpc) is 2.95. The molecule has 0 aromatic heterocycles. The summed E-state index contributed by atoms with van der Waals surface area (Å²) in [7, 11) is -6.22. The molecule has 0 heterocycles. The van der Waals surface area contributed by atoms with Crippen LogP contribution in [0.2, 0.25) is 0 Å². The molecule has 0 aliphatic carbocycles. The van der Waals surface area contributed by atoms with Gasteiger partial charge in [0.05, 0.1) is 11.5 Å². The van der Waals surface area contributed by atoms with Crippen LogP contribution in [0.4, 0.5) is 24.5 Å². The van der Waals surface area contributed by atoms with E-state index in [-0.39, 0.29) is 40.0 Å². The summed E-state index contributed by atoms with van der Waals surface area (Å²) in [5.74, 6) is -3.54. The third kappa shape index (κ3) is 8.43. The molecule has 0 unspecified atom stereocenters. The van der Waals surface area contributed by atoms with Crippen molar-refractivity contribution in [3.63, 3.8) is 0 Å². The number of Topliss-reactive ketones (excluding diaryl/α,β-unsaturated/α-hetero) is 2. The van der Waals surface area contributed by atoms with Gasteiger partial charge in [-0.3, -0.25) is 19.0 Å². The van der Waals surface area contributed by atoms with Gasteiger partial charge in [0.1, 0.15) is 27.2 Å². The van der Waals surface area contributed by atoms with Gasteiger partial charge < -0.3 is 0 Å². The zero-order valence-corrected chi connectivity index (χ0v) is 26.0. The minimum absolute atomic E-state index is 0.0140. The third-order valence-corrected chi connectivity index (χ3v) is 10.9. The second-order valence-electron chi connectivity index (χ2n) is 9.25. The van der Waals surface area contributed by atoms with Crippen LogP contribution in [0.15, 0.2) is 94.7 Å². The van der Waals surface area contributed by atoms with Crippen LogP contribution in [0.5, 0.6) is 0 Å². The van der Waals surface area contributed by atoms with E-state index in [9.17, 15) is 39.6 Å². The summed E-state index contributed by atoms with van der Waals surface area (Å²) in [6.45, 7) is 1.64. The highest BCUT2D eigenvalue weighted by molar-refractivity contribution is 8.77. The van der Waals surface area contributed by atoms with Gasteiger partial charge in [0, 0.05) is 28.6 Å². The summed E-state index contributed by atoms with van der Waals surface area (Å²) in [6.07, 6.45) is 0. The molecule has 0 amide bonds. The maximum atomic E-state index is 14.1. The number of ketones is 2. The Morgan fingerprint density at radius 3 is 1.43 bits per heavy atom. The second kappa shape index (κ2) is 13.9. The quantitative estimate of drug-likeness (QED) is 0.0937. The summed E-state index contributed by atoms with van der Waals surface area (Å²) < 4.78 is 95.5. The van der Waals surface area contributed by atoms with Crippen molar-refractivity contribution in [2.24, 2.45) is 0 Å². The molecule has 4 rings (SSSR count). The maximum absolute atomic E-state index is 14.1. The molecule has 44 heavy (non-hydrogen) atoms. The molecule has 0 aliphatic rings. The van der Waals surface area contributed by atoms with E-state index in [2.05, 4.69) is 9.44 Å². The zero-order chi connectivity index (χ0) is 32.1. The van der Waals surface area contributed by atoms with Crippen molar-refractivity contribution in [1.29, 1.82) is 0 Å². The van der Waals surface area contributed by atoms with Gasteiger partial charge in [0.2, 0.25) is 0 Å². The molecule has 4 aromatic rings. The zero-order valence-electron chi connectivity index (χ0n) is 22.7. The Labute approximate surface area is 260 Å². The Bertz CT molecular complexity index is 1780. The number of hydrogen-bond acceptors (Lipinski definition) is 8. The van der Waals surface area contributed by atoms with Gasteiger partial charge in [0.25, 0.3) is 20.0 Å². The summed E-state index contributed by atoms with van der Waals surface area (Å²) in [5.41, 5.74) is 1.39. The third-order valence-electron chi connectivity index (χ3n) is 5.94. The molecule has 230 valence electrons. The normalized spacial score (nSPS) is 11.6. The van der Waals surface area contributed by atoms with Gasteiger partial charge in [-0.25, -0.2) is 30.0 Å². The number of benzene rings is 4. The number of sulfonamides is 2. The van der Waals surface area contributed by atoms with E-state index < -0.39 is 47.3 Å². The Hall–Kier alpha value is -3.79. The average molecular weight is 681 g/mol. The minimum Gasteiger partial charge on any atom is -0.293 e. The Kier molecular flexibility index (Phi) is 10.4. The van der Waals surface area contributed by atoms with Crippen LogP contribution in [0.25, 0.3) is 0 Å². The highest BCUT2D eigenvalue weighted by atomic mass is 33.1. The van der Waals surface area contributed by atoms with Crippen LogP contribution in [0.1, 0.15) is 26.3 Å². The van der Waals surface area contributed by atoms with Crippen LogP contribution in [-0.2, 0) is 20.0 Å². The topological polar surface area (TPSA) is 126 Å². The lowest BCUT2D eigenvalue weighted by atomic mass is 10.1. The number of anilines is 2. The van der Waals surface area contributed by atoms with Crippen molar-refractivity contribution in [3.05, 3.63) is 119 Å². The Morgan fingerprint density at radius 1 is 0.614 bits per heavy atom. The number of carbonyl (C=O) groups excluding carboxylic acids is 2. The lowest BCUT2D eigenvalue weighted by Gasteiger charge is -2.10. The molecule has 0 spiro atoms. The van der Waals surface area contributed by atoms with Crippen LogP contribution in [0, 0.1) is 24.4 Å². The predicted molar refractivity (Wildman–Crippen MR) is 166 cm³/mol. The SMILES string of the molecule is Cc1ccc(S(=O)(=O)Nc2ccc(C(=O)CSSCC(=O)c3ccc(NS(=O)(=O)c4ccc(F)cc4F)cc3)cc2)c(F)c1. The van der Waals surface area contributed by atoms with Crippen molar-refractivity contribution < 1.29 is 39.6 Å². The summed E-state index contributed by atoms with van der Waals surface area (Å²) in [5, 5.41) is 0. The first-order valence-corrected chi connectivity index (χ1v) is 18.0. The predicted octanol–water partition coefficient (Wildman–Crippen LogP) is 6.46.